The van der Waals surface area contributed by atoms with E-state index in [0.29, 0.717) is 25.7 Å². The van der Waals surface area contributed by atoms with Crippen molar-refractivity contribution >= 4 is 0 Å². The Bertz CT molecular complexity index is 300. The fourth-order valence-electron chi connectivity index (χ4n) is 2.18. The Morgan fingerprint density at radius 2 is 1.05 bits per heavy atom. The van der Waals surface area contributed by atoms with E-state index in [2.05, 4.69) is 0 Å². The van der Waals surface area contributed by atoms with Crippen molar-refractivity contribution < 1.29 is 13.2 Å². The van der Waals surface area contributed by atoms with Crippen molar-refractivity contribution in [3.05, 3.63) is 0 Å². The summed E-state index contributed by atoms with van der Waals surface area (Å²) >= 11 is 0. The normalized spacial score (nSPS) is 18.4. The third-order valence-corrected chi connectivity index (χ3v) is 4.95. The highest BCUT2D eigenvalue weighted by Gasteiger charge is 2.35. The zero-order valence-corrected chi connectivity index (χ0v) is 15.2. The zero-order valence-electron chi connectivity index (χ0n) is 15.2. The van der Waals surface area contributed by atoms with Crippen LogP contribution < -0.4 is 0 Å². The summed E-state index contributed by atoms with van der Waals surface area (Å²) in [6.07, 6.45) is -1.18. The van der Waals surface area contributed by atoms with Crippen molar-refractivity contribution in [3.63, 3.8) is 0 Å². The van der Waals surface area contributed by atoms with Crippen LogP contribution in [0.3, 0.4) is 0 Å². The van der Waals surface area contributed by atoms with Crippen LogP contribution in [0.4, 0.5) is 13.2 Å². The number of rotatable bonds is 8. The fourth-order valence-corrected chi connectivity index (χ4v) is 2.18. The Labute approximate surface area is 129 Å². The summed E-state index contributed by atoms with van der Waals surface area (Å²) in [6, 6.07) is 0. The van der Waals surface area contributed by atoms with Crippen LogP contribution in [0, 0.1) is 16.2 Å². The first-order valence-electron chi connectivity index (χ1n) is 8.12. The molecule has 0 aromatic heterocycles. The molecule has 0 aliphatic rings. The average molecular weight is 308 g/mol. The molecule has 3 atom stereocenters. The van der Waals surface area contributed by atoms with Gasteiger partial charge in [0.2, 0.25) is 0 Å². The number of halogens is 3. The highest BCUT2D eigenvalue weighted by Crippen LogP contribution is 2.38. The van der Waals surface area contributed by atoms with Crippen molar-refractivity contribution in [1.29, 1.82) is 0 Å². The predicted octanol–water partition coefficient (Wildman–Crippen LogP) is 6.68. The van der Waals surface area contributed by atoms with Crippen molar-refractivity contribution in [1.82, 2.24) is 0 Å². The van der Waals surface area contributed by atoms with Crippen LogP contribution in [0.2, 0.25) is 0 Å². The Morgan fingerprint density at radius 1 is 0.667 bits per heavy atom. The third-order valence-electron chi connectivity index (χ3n) is 4.95. The molecule has 0 aromatic carbocycles. The minimum Gasteiger partial charge on any atom is -0.247 e. The molecular formula is C18H35F3. The van der Waals surface area contributed by atoms with Gasteiger partial charge < -0.3 is 0 Å². The summed E-state index contributed by atoms with van der Waals surface area (Å²) in [5.74, 6) is 0. The summed E-state index contributed by atoms with van der Waals surface area (Å²) < 4.78 is 41.9. The van der Waals surface area contributed by atoms with Crippen LogP contribution in [0.5, 0.6) is 0 Å². The maximum Gasteiger partial charge on any atom is 0.105 e. The van der Waals surface area contributed by atoms with E-state index in [4.69, 9.17) is 0 Å². The van der Waals surface area contributed by atoms with Gasteiger partial charge in [-0.2, -0.15) is 0 Å². The van der Waals surface area contributed by atoms with Crippen LogP contribution in [0.15, 0.2) is 0 Å². The summed E-state index contributed by atoms with van der Waals surface area (Å²) in [7, 11) is 0. The highest BCUT2D eigenvalue weighted by molar-refractivity contribution is 4.84. The lowest BCUT2D eigenvalue weighted by molar-refractivity contribution is 0.0658. The molecule has 0 rings (SSSR count). The monoisotopic (exact) mass is 308 g/mol. The van der Waals surface area contributed by atoms with Crippen molar-refractivity contribution in [2.45, 2.75) is 99.6 Å². The van der Waals surface area contributed by atoms with Gasteiger partial charge in [0.25, 0.3) is 0 Å². The van der Waals surface area contributed by atoms with Crippen molar-refractivity contribution in [2.75, 3.05) is 0 Å². The van der Waals surface area contributed by atoms with Gasteiger partial charge in [0.05, 0.1) is 0 Å². The minimum atomic E-state index is -1.03. The molecule has 0 saturated heterocycles. The lowest BCUT2D eigenvalue weighted by Crippen LogP contribution is -2.31. The molecule has 0 N–H and O–H groups in total. The second kappa shape index (κ2) is 7.37. The SMILES string of the molecule is C[C@@H](F)C(C)(C)CC[C@@H](F)C(C)(C)CC[C@@H](F)C(C)(C)C. The zero-order chi connectivity index (χ0) is 17.1. The molecule has 0 spiro atoms. The molecular weight excluding hydrogens is 273 g/mol. The topological polar surface area (TPSA) is 0 Å². The van der Waals surface area contributed by atoms with Crippen LogP contribution in [-0.2, 0) is 0 Å². The Hall–Kier alpha value is -0.210. The molecule has 3 heteroatoms. The fraction of sp³-hybridized carbons (Fsp3) is 1.00. The van der Waals surface area contributed by atoms with E-state index in [0.717, 1.165) is 0 Å². The Morgan fingerprint density at radius 3 is 1.43 bits per heavy atom. The van der Waals surface area contributed by atoms with E-state index >= 15 is 0 Å². The number of alkyl halides is 3. The molecule has 0 nitrogen and oxygen atoms in total. The lowest BCUT2D eigenvalue weighted by atomic mass is 9.75. The first-order chi connectivity index (χ1) is 9.20. The molecule has 0 radical (unpaired) electrons. The molecule has 21 heavy (non-hydrogen) atoms. The van der Waals surface area contributed by atoms with Gasteiger partial charge in [0, 0.05) is 0 Å². The second-order valence-corrected chi connectivity index (χ2v) is 8.97. The Balaban J connectivity index is 4.43. The smallest absolute Gasteiger partial charge is 0.105 e. The molecule has 0 aromatic rings. The average Bonchev–Trinajstić information content (AvgIpc) is 2.31. The molecule has 128 valence electrons. The molecule has 0 bridgehead atoms. The lowest BCUT2D eigenvalue weighted by Gasteiger charge is -2.34. The second-order valence-electron chi connectivity index (χ2n) is 8.97. The summed E-state index contributed by atoms with van der Waals surface area (Å²) in [6.45, 7) is 14.5. The number of hydrogen-bond donors (Lipinski definition) is 0. The summed E-state index contributed by atoms with van der Waals surface area (Å²) in [4.78, 5) is 0. The first-order valence-corrected chi connectivity index (χ1v) is 8.12. The van der Waals surface area contributed by atoms with Crippen LogP contribution in [0.1, 0.15) is 81.1 Å². The van der Waals surface area contributed by atoms with E-state index < -0.39 is 34.8 Å². The van der Waals surface area contributed by atoms with Gasteiger partial charge in [-0.3, -0.25) is 0 Å². The third kappa shape index (κ3) is 7.06. The van der Waals surface area contributed by atoms with Crippen molar-refractivity contribution in [3.8, 4) is 0 Å². The number of hydrogen-bond acceptors (Lipinski definition) is 0. The van der Waals surface area contributed by atoms with Crippen LogP contribution in [-0.4, -0.2) is 18.5 Å². The van der Waals surface area contributed by atoms with E-state index in [-0.39, 0.29) is 0 Å². The highest BCUT2D eigenvalue weighted by atomic mass is 19.1. The van der Waals surface area contributed by atoms with Gasteiger partial charge in [0.15, 0.2) is 0 Å². The quantitative estimate of drug-likeness (QED) is 0.469. The molecule has 0 amide bonds. The van der Waals surface area contributed by atoms with Crippen LogP contribution >= 0.6 is 0 Å². The molecule has 0 heterocycles. The van der Waals surface area contributed by atoms with Gasteiger partial charge >= 0.3 is 0 Å². The van der Waals surface area contributed by atoms with Gasteiger partial charge in [-0.1, -0.05) is 48.5 Å². The maximum atomic E-state index is 14.5. The molecule has 0 unspecified atom stereocenters. The largest absolute Gasteiger partial charge is 0.247 e. The summed E-state index contributed by atoms with van der Waals surface area (Å²) in [5.41, 5.74) is -1.47. The van der Waals surface area contributed by atoms with Crippen LogP contribution in [0.25, 0.3) is 0 Å². The van der Waals surface area contributed by atoms with Crippen molar-refractivity contribution in [2.24, 2.45) is 16.2 Å². The summed E-state index contributed by atoms with van der Waals surface area (Å²) in [5, 5.41) is 0. The Kier molecular flexibility index (Phi) is 7.30. The van der Waals surface area contributed by atoms with Gasteiger partial charge in [-0.25, -0.2) is 13.2 Å². The maximum absolute atomic E-state index is 14.5. The molecule has 0 saturated carbocycles. The van der Waals surface area contributed by atoms with Gasteiger partial charge in [0.1, 0.15) is 18.5 Å². The molecule has 0 fully saturated rings. The van der Waals surface area contributed by atoms with Gasteiger partial charge in [-0.15, -0.1) is 0 Å². The van der Waals surface area contributed by atoms with E-state index in [1.54, 1.807) is 0 Å². The minimum absolute atomic E-state index is 0.334. The molecule has 0 aliphatic carbocycles. The first kappa shape index (κ1) is 20.8. The van der Waals surface area contributed by atoms with E-state index in [1.807, 2.05) is 48.5 Å². The van der Waals surface area contributed by atoms with E-state index in [1.165, 1.54) is 6.92 Å². The predicted molar refractivity (Wildman–Crippen MR) is 85.8 cm³/mol. The van der Waals surface area contributed by atoms with Gasteiger partial charge in [-0.05, 0) is 48.9 Å². The standard InChI is InChI=1S/C18H35F3/c1-13(19)17(5,6)11-10-15(21)18(7,8)12-9-14(20)16(2,3)4/h13-15H,9-12H2,1-8H3/t13-,14-,15-/m1/s1. The molecule has 0 aliphatic heterocycles. The van der Waals surface area contributed by atoms with E-state index in [9.17, 15) is 13.2 Å².